The SMILES string of the molecule is C[C@H](O)c1cc([N+](=O)[O-])ccc1OCc1ncc(Cl)n1C. The predicted octanol–water partition coefficient (Wildman–Crippen LogP) is 2.61. The third-order valence-electron chi connectivity index (χ3n) is 3.04. The molecule has 0 spiro atoms. The molecule has 21 heavy (non-hydrogen) atoms. The van der Waals surface area contributed by atoms with Crippen molar-refractivity contribution >= 4 is 17.3 Å². The smallest absolute Gasteiger partial charge is 0.270 e. The number of hydrogen-bond donors (Lipinski definition) is 1. The minimum atomic E-state index is -0.884. The molecule has 0 fully saturated rings. The molecule has 1 atom stereocenters. The number of benzene rings is 1. The molecule has 1 N–H and O–H groups in total. The second-order valence-electron chi connectivity index (χ2n) is 4.50. The average molecular weight is 312 g/mol. The van der Waals surface area contributed by atoms with Gasteiger partial charge in [0.15, 0.2) is 0 Å². The highest BCUT2D eigenvalue weighted by atomic mass is 35.5. The Hall–Kier alpha value is -2.12. The average Bonchev–Trinajstić information content (AvgIpc) is 2.76. The molecule has 0 saturated heterocycles. The Balaban J connectivity index is 2.23. The topological polar surface area (TPSA) is 90.4 Å². The summed E-state index contributed by atoms with van der Waals surface area (Å²) in [6.45, 7) is 1.66. The van der Waals surface area contributed by atoms with Crippen LogP contribution >= 0.6 is 11.6 Å². The van der Waals surface area contributed by atoms with E-state index in [4.69, 9.17) is 16.3 Å². The Morgan fingerprint density at radius 2 is 2.29 bits per heavy atom. The maximum Gasteiger partial charge on any atom is 0.270 e. The number of hydrogen-bond acceptors (Lipinski definition) is 5. The van der Waals surface area contributed by atoms with E-state index in [0.29, 0.717) is 22.3 Å². The first-order valence-corrected chi connectivity index (χ1v) is 6.53. The van der Waals surface area contributed by atoms with Crippen LogP contribution in [0.1, 0.15) is 24.4 Å². The second kappa shape index (κ2) is 6.11. The molecule has 0 aliphatic rings. The highest BCUT2D eigenvalue weighted by Gasteiger charge is 2.16. The number of nitro groups is 1. The molecule has 1 aromatic heterocycles. The number of ether oxygens (including phenoxy) is 1. The van der Waals surface area contributed by atoms with E-state index in [-0.39, 0.29) is 12.3 Å². The van der Waals surface area contributed by atoms with Crippen LogP contribution in [0.5, 0.6) is 5.75 Å². The van der Waals surface area contributed by atoms with E-state index in [2.05, 4.69) is 4.98 Å². The number of aromatic nitrogens is 2. The molecule has 0 aliphatic carbocycles. The van der Waals surface area contributed by atoms with E-state index in [9.17, 15) is 15.2 Å². The fraction of sp³-hybridized carbons (Fsp3) is 0.308. The second-order valence-corrected chi connectivity index (χ2v) is 4.89. The van der Waals surface area contributed by atoms with Gasteiger partial charge in [-0.25, -0.2) is 4.98 Å². The zero-order chi connectivity index (χ0) is 15.6. The Bertz CT molecular complexity index is 669. The zero-order valence-corrected chi connectivity index (χ0v) is 12.2. The third kappa shape index (κ3) is 3.32. The first-order chi connectivity index (χ1) is 9.90. The molecule has 112 valence electrons. The summed E-state index contributed by atoms with van der Waals surface area (Å²) in [5, 5.41) is 21.0. The van der Waals surface area contributed by atoms with E-state index >= 15 is 0 Å². The minimum Gasteiger partial charge on any atom is -0.485 e. The van der Waals surface area contributed by atoms with E-state index in [0.717, 1.165) is 0 Å². The highest BCUT2D eigenvalue weighted by Crippen LogP contribution is 2.29. The van der Waals surface area contributed by atoms with E-state index < -0.39 is 11.0 Å². The van der Waals surface area contributed by atoms with Crippen molar-refractivity contribution in [3.63, 3.8) is 0 Å². The number of imidazole rings is 1. The van der Waals surface area contributed by atoms with Crippen molar-refractivity contribution in [2.75, 3.05) is 0 Å². The molecule has 0 saturated carbocycles. The largest absolute Gasteiger partial charge is 0.485 e. The molecule has 0 unspecified atom stereocenters. The van der Waals surface area contributed by atoms with Crippen molar-refractivity contribution in [2.45, 2.75) is 19.6 Å². The lowest BCUT2D eigenvalue weighted by Gasteiger charge is -2.13. The Morgan fingerprint density at radius 1 is 1.57 bits per heavy atom. The van der Waals surface area contributed by atoms with Gasteiger partial charge in [0.25, 0.3) is 5.69 Å². The molecular weight excluding hydrogens is 298 g/mol. The summed E-state index contributed by atoms with van der Waals surface area (Å²) >= 11 is 5.88. The van der Waals surface area contributed by atoms with Gasteiger partial charge in [0.05, 0.1) is 17.2 Å². The fourth-order valence-corrected chi connectivity index (χ4v) is 1.95. The van der Waals surface area contributed by atoms with Crippen LogP contribution in [0.4, 0.5) is 5.69 Å². The standard InChI is InChI=1S/C13H14ClN3O4/c1-8(18)10-5-9(17(19)20)3-4-11(10)21-7-13-15-6-12(14)16(13)2/h3-6,8,18H,7H2,1-2H3/t8-/m0/s1. The van der Waals surface area contributed by atoms with Gasteiger partial charge >= 0.3 is 0 Å². The summed E-state index contributed by atoms with van der Waals surface area (Å²) in [5.74, 6) is 0.976. The van der Waals surface area contributed by atoms with Crippen LogP contribution in [-0.2, 0) is 13.7 Å². The van der Waals surface area contributed by atoms with Crippen LogP contribution in [0, 0.1) is 10.1 Å². The monoisotopic (exact) mass is 311 g/mol. The van der Waals surface area contributed by atoms with Crippen LogP contribution in [0.2, 0.25) is 5.15 Å². The van der Waals surface area contributed by atoms with Crippen LogP contribution < -0.4 is 4.74 Å². The van der Waals surface area contributed by atoms with Crippen molar-refractivity contribution in [2.24, 2.45) is 7.05 Å². The van der Waals surface area contributed by atoms with Gasteiger partial charge in [0.1, 0.15) is 23.3 Å². The number of nitro benzene ring substituents is 1. The summed E-state index contributed by atoms with van der Waals surface area (Å²) in [6, 6.07) is 4.09. The summed E-state index contributed by atoms with van der Waals surface area (Å²) in [6.07, 6.45) is 0.621. The van der Waals surface area contributed by atoms with E-state index in [1.807, 2.05) is 0 Å². The zero-order valence-electron chi connectivity index (χ0n) is 11.5. The first kappa shape index (κ1) is 15.3. The molecule has 0 bridgehead atoms. The highest BCUT2D eigenvalue weighted by molar-refractivity contribution is 6.29. The number of rotatable bonds is 5. The molecule has 2 rings (SSSR count). The van der Waals surface area contributed by atoms with Gasteiger partial charge in [0.2, 0.25) is 0 Å². The van der Waals surface area contributed by atoms with Gasteiger partial charge in [0, 0.05) is 24.7 Å². The van der Waals surface area contributed by atoms with E-state index in [1.165, 1.54) is 31.3 Å². The molecule has 0 amide bonds. The lowest BCUT2D eigenvalue weighted by molar-refractivity contribution is -0.385. The van der Waals surface area contributed by atoms with Crippen molar-refractivity contribution < 1.29 is 14.8 Å². The van der Waals surface area contributed by atoms with Gasteiger partial charge in [-0.1, -0.05) is 11.6 Å². The van der Waals surface area contributed by atoms with Crippen molar-refractivity contribution in [3.8, 4) is 5.75 Å². The van der Waals surface area contributed by atoms with Gasteiger partial charge in [-0.05, 0) is 13.0 Å². The molecule has 0 aliphatic heterocycles. The number of aliphatic hydroxyl groups excluding tert-OH is 1. The Kier molecular flexibility index (Phi) is 4.44. The summed E-state index contributed by atoms with van der Waals surface area (Å²) in [4.78, 5) is 14.3. The number of halogens is 1. The van der Waals surface area contributed by atoms with Gasteiger partial charge in [-0.3, -0.25) is 10.1 Å². The normalized spacial score (nSPS) is 12.2. The van der Waals surface area contributed by atoms with Crippen LogP contribution in [-0.4, -0.2) is 19.6 Å². The first-order valence-electron chi connectivity index (χ1n) is 6.15. The summed E-state index contributed by atoms with van der Waals surface area (Å²) < 4.78 is 7.25. The molecule has 0 radical (unpaired) electrons. The van der Waals surface area contributed by atoms with E-state index in [1.54, 1.807) is 11.6 Å². The van der Waals surface area contributed by atoms with Crippen LogP contribution in [0.3, 0.4) is 0 Å². The lowest BCUT2D eigenvalue weighted by atomic mass is 10.1. The van der Waals surface area contributed by atoms with Crippen molar-refractivity contribution in [3.05, 3.63) is 51.1 Å². The van der Waals surface area contributed by atoms with Gasteiger partial charge in [-0.15, -0.1) is 0 Å². The molecule has 8 heteroatoms. The predicted molar refractivity (Wildman–Crippen MR) is 76.3 cm³/mol. The van der Waals surface area contributed by atoms with Crippen molar-refractivity contribution in [1.82, 2.24) is 9.55 Å². The van der Waals surface area contributed by atoms with Gasteiger partial charge in [-0.2, -0.15) is 0 Å². The number of non-ortho nitro benzene ring substituents is 1. The van der Waals surface area contributed by atoms with Crippen LogP contribution in [0.15, 0.2) is 24.4 Å². The fourth-order valence-electron chi connectivity index (χ4n) is 1.81. The molecule has 1 aromatic carbocycles. The minimum absolute atomic E-state index is 0.0988. The lowest BCUT2D eigenvalue weighted by Crippen LogP contribution is -2.06. The maximum absolute atomic E-state index is 10.8. The molecular formula is C13H14ClN3O4. The Labute approximate surface area is 125 Å². The van der Waals surface area contributed by atoms with Crippen molar-refractivity contribution in [1.29, 1.82) is 0 Å². The maximum atomic E-state index is 10.8. The Morgan fingerprint density at radius 3 is 2.81 bits per heavy atom. The molecule has 2 aromatic rings. The van der Waals surface area contributed by atoms with Gasteiger partial charge < -0.3 is 14.4 Å². The van der Waals surface area contributed by atoms with Crippen LogP contribution in [0.25, 0.3) is 0 Å². The summed E-state index contributed by atoms with van der Waals surface area (Å²) in [7, 11) is 1.75. The number of aliphatic hydroxyl groups is 1. The molecule has 1 heterocycles. The summed E-state index contributed by atoms with van der Waals surface area (Å²) in [5.41, 5.74) is 0.253. The number of nitrogens with zero attached hydrogens (tertiary/aromatic N) is 3. The quantitative estimate of drug-likeness (QED) is 0.677. The molecule has 7 nitrogen and oxygen atoms in total. The third-order valence-corrected chi connectivity index (χ3v) is 3.39.